The Labute approximate surface area is 131 Å². The largest absolute Gasteiger partial charge is 0.369 e. The third-order valence-electron chi connectivity index (χ3n) is 4.58. The number of hydrogen-bond acceptors (Lipinski definition) is 3. The number of imidazole rings is 1. The fourth-order valence-electron chi connectivity index (χ4n) is 3.47. The highest BCUT2D eigenvalue weighted by Crippen LogP contribution is 2.37. The number of fused-ring (bicyclic) bond motifs is 3. The summed E-state index contributed by atoms with van der Waals surface area (Å²) in [4.78, 5) is 23.7. The second kappa shape index (κ2) is 4.71. The molecule has 7 heteroatoms. The number of amides is 1. The average molecular weight is 318 g/mol. The van der Waals surface area contributed by atoms with Gasteiger partial charge in [-0.1, -0.05) is 11.6 Å². The summed E-state index contributed by atoms with van der Waals surface area (Å²) in [5.41, 5.74) is 8.93. The number of primary amides is 1. The average Bonchev–Trinajstić information content (AvgIpc) is 3.14. The summed E-state index contributed by atoms with van der Waals surface area (Å²) in [6.45, 7) is 1.98. The zero-order chi connectivity index (χ0) is 15.4. The van der Waals surface area contributed by atoms with Crippen LogP contribution < -0.4 is 5.73 Å². The van der Waals surface area contributed by atoms with Gasteiger partial charge in [0.2, 0.25) is 5.91 Å². The topological polar surface area (TPSA) is 89.6 Å². The van der Waals surface area contributed by atoms with Gasteiger partial charge in [0.1, 0.15) is 10.7 Å². The van der Waals surface area contributed by atoms with E-state index in [1.54, 1.807) is 6.33 Å². The molecule has 6 nitrogen and oxygen atoms in total. The quantitative estimate of drug-likeness (QED) is 0.712. The molecule has 114 valence electrons. The molecule has 0 radical (unpaired) electrons. The van der Waals surface area contributed by atoms with E-state index < -0.39 is 0 Å². The van der Waals surface area contributed by atoms with Gasteiger partial charge in [0, 0.05) is 23.0 Å². The van der Waals surface area contributed by atoms with Gasteiger partial charge < -0.3 is 15.3 Å². The van der Waals surface area contributed by atoms with E-state index >= 15 is 0 Å². The number of carbonyl (C=O) groups is 1. The number of nitrogens with two attached hydrogens (primary N) is 1. The van der Waals surface area contributed by atoms with E-state index in [2.05, 4.69) is 15.0 Å². The Hall–Kier alpha value is -2.08. The van der Waals surface area contributed by atoms with Crippen LogP contribution in [0, 0.1) is 12.8 Å². The number of halogens is 1. The van der Waals surface area contributed by atoms with Crippen LogP contribution in [0.1, 0.15) is 31.0 Å². The number of carbonyl (C=O) groups excluding carboxylic acids is 1. The minimum atomic E-state index is -0.222. The van der Waals surface area contributed by atoms with E-state index in [0.29, 0.717) is 5.15 Å². The summed E-state index contributed by atoms with van der Waals surface area (Å²) in [7, 11) is 0. The summed E-state index contributed by atoms with van der Waals surface area (Å²) >= 11 is 6.32. The summed E-state index contributed by atoms with van der Waals surface area (Å²) in [6.07, 6.45) is 4.25. The van der Waals surface area contributed by atoms with Crippen LogP contribution in [0.25, 0.3) is 22.1 Å². The molecule has 1 aliphatic carbocycles. The highest BCUT2D eigenvalue weighted by Gasteiger charge is 2.30. The Balaban J connectivity index is 1.85. The fraction of sp³-hybridized carbons (Fsp3) is 0.400. The molecule has 3 N–H and O–H groups in total. The lowest BCUT2D eigenvalue weighted by molar-refractivity contribution is -0.121. The SMILES string of the molecule is Cc1cc2c(Cl)nc3c(ncn3C3CCC(C(N)=O)C3)c2[nH]1. The van der Waals surface area contributed by atoms with Crippen LogP contribution in [0.5, 0.6) is 0 Å². The van der Waals surface area contributed by atoms with Gasteiger partial charge in [0.05, 0.1) is 11.8 Å². The maximum atomic E-state index is 11.4. The van der Waals surface area contributed by atoms with Crippen molar-refractivity contribution >= 4 is 39.6 Å². The molecule has 1 aliphatic rings. The van der Waals surface area contributed by atoms with E-state index in [0.717, 1.165) is 47.0 Å². The van der Waals surface area contributed by atoms with Crippen LogP contribution in [-0.4, -0.2) is 25.4 Å². The normalized spacial score (nSPS) is 21.9. The zero-order valence-corrected chi connectivity index (χ0v) is 12.9. The summed E-state index contributed by atoms with van der Waals surface area (Å²) in [5.74, 6) is -0.283. The minimum Gasteiger partial charge on any atom is -0.369 e. The highest BCUT2D eigenvalue weighted by atomic mass is 35.5. The van der Waals surface area contributed by atoms with Crippen molar-refractivity contribution in [3.05, 3.63) is 23.2 Å². The molecular formula is C15H16ClN5O. The zero-order valence-electron chi connectivity index (χ0n) is 12.1. The predicted molar refractivity (Wildman–Crippen MR) is 84.7 cm³/mol. The van der Waals surface area contributed by atoms with Gasteiger partial charge in [0.15, 0.2) is 5.65 Å². The van der Waals surface area contributed by atoms with Crippen molar-refractivity contribution in [3.63, 3.8) is 0 Å². The molecule has 0 saturated heterocycles. The second-order valence-electron chi connectivity index (χ2n) is 6.03. The third kappa shape index (κ3) is 1.90. The standard InChI is InChI=1S/C15H16ClN5O/c1-7-4-10-11(19-7)12-15(20-13(10)16)21(6-18-12)9-3-2-8(5-9)14(17)22/h4,6,8-9,19H,2-3,5H2,1H3,(H2,17,22). The number of aromatic amines is 1. The number of aryl methyl sites for hydroxylation is 1. The number of pyridine rings is 1. The van der Waals surface area contributed by atoms with Crippen LogP contribution >= 0.6 is 11.6 Å². The van der Waals surface area contributed by atoms with Crippen LogP contribution in [0.15, 0.2) is 12.4 Å². The molecule has 0 spiro atoms. The lowest BCUT2D eigenvalue weighted by atomic mass is 10.1. The van der Waals surface area contributed by atoms with E-state index in [-0.39, 0.29) is 17.9 Å². The number of rotatable bonds is 2. The number of H-pyrrole nitrogens is 1. The van der Waals surface area contributed by atoms with Gasteiger partial charge in [0.25, 0.3) is 0 Å². The fourth-order valence-corrected chi connectivity index (χ4v) is 3.70. The lowest BCUT2D eigenvalue weighted by Gasteiger charge is -2.12. The first kappa shape index (κ1) is 13.6. The Morgan fingerprint density at radius 1 is 1.50 bits per heavy atom. The van der Waals surface area contributed by atoms with Crippen LogP contribution in [0.4, 0.5) is 0 Å². The van der Waals surface area contributed by atoms with Crippen molar-refractivity contribution < 1.29 is 4.79 Å². The smallest absolute Gasteiger partial charge is 0.220 e. The third-order valence-corrected chi connectivity index (χ3v) is 4.87. The number of nitrogens with zero attached hydrogens (tertiary/aromatic N) is 3. The molecule has 2 unspecified atom stereocenters. The molecule has 3 aromatic heterocycles. The van der Waals surface area contributed by atoms with Crippen molar-refractivity contribution in [1.29, 1.82) is 0 Å². The van der Waals surface area contributed by atoms with E-state index in [1.165, 1.54) is 0 Å². The van der Waals surface area contributed by atoms with Crippen molar-refractivity contribution in [2.45, 2.75) is 32.2 Å². The van der Waals surface area contributed by atoms with Gasteiger partial charge in [-0.15, -0.1) is 0 Å². The van der Waals surface area contributed by atoms with Crippen LogP contribution in [0.3, 0.4) is 0 Å². The molecule has 0 aliphatic heterocycles. The van der Waals surface area contributed by atoms with Gasteiger partial charge in [-0.3, -0.25) is 4.79 Å². The molecular weight excluding hydrogens is 302 g/mol. The number of aromatic nitrogens is 4. The molecule has 22 heavy (non-hydrogen) atoms. The summed E-state index contributed by atoms with van der Waals surface area (Å²) < 4.78 is 2.03. The first-order chi connectivity index (χ1) is 10.5. The molecule has 3 aromatic rings. The van der Waals surface area contributed by atoms with Crippen molar-refractivity contribution in [2.75, 3.05) is 0 Å². The van der Waals surface area contributed by atoms with Gasteiger partial charge in [-0.25, -0.2) is 9.97 Å². The molecule has 4 rings (SSSR count). The monoisotopic (exact) mass is 317 g/mol. The van der Waals surface area contributed by atoms with Crippen LogP contribution in [0.2, 0.25) is 5.15 Å². The van der Waals surface area contributed by atoms with E-state index in [4.69, 9.17) is 17.3 Å². The Morgan fingerprint density at radius 2 is 2.32 bits per heavy atom. The summed E-state index contributed by atoms with van der Waals surface area (Å²) in [6, 6.07) is 2.17. The molecule has 2 atom stereocenters. The maximum Gasteiger partial charge on any atom is 0.220 e. The highest BCUT2D eigenvalue weighted by molar-refractivity contribution is 6.35. The second-order valence-corrected chi connectivity index (χ2v) is 6.39. The predicted octanol–water partition coefficient (Wildman–Crippen LogP) is 2.70. The first-order valence-corrected chi connectivity index (χ1v) is 7.73. The molecule has 1 amide bonds. The molecule has 1 fully saturated rings. The molecule has 3 heterocycles. The number of nitrogens with one attached hydrogen (secondary N) is 1. The molecule has 1 saturated carbocycles. The maximum absolute atomic E-state index is 11.4. The minimum absolute atomic E-state index is 0.0608. The Morgan fingerprint density at radius 3 is 3.05 bits per heavy atom. The van der Waals surface area contributed by atoms with E-state index in [9.17, 15) is 4.79 Å². The van der Waals surface area contributed by atoms with Gasteiger partial charge in [-0.05, 0) is 32.3 Å². The Bertz CT molecular complexity index is 896. The van der Waals surface area contributed by atoms with Crippen molar-refractivity contribution in [3.8, 4) is 0 Å². The Kier molecular flexibility index (Phi) is 2.91. The van der Waals surface area contributed by atoms with E-state index in [1.807, 2.05) is 17.6 Å². The van der Waals surface area contributed by atoms with Crippen molar-refractivity contribution in [2.24, 2.45) is 11.7 Å². The van der Waals surface area contributed by atoms with Crippen molar-refractivity contribution in [1.82, 2.24) is 19.5 Å². The number of hydrogen-bond donors (Lipinski definition) is 2. The van der Waals surface area contributed by atoms with Gasteiger partial charge in [-0.2, -0.15) is 0 Å². The summed E-state index contributed by atoms with van der Waals surface area (Å²) in [5, 5.41) is 1.36. The lowest BCUT2D eigenvalue weighted by Crippen LogP contribution is -2.21. The first-order valence-electron chi connectivity index (χ1n) is 7.35. The van der Waals surface area contributed by atoms with Crippen LogP contribution in [-0.2, 0) is 4.79 Å². The van der Waals surface area contributed by atoms with Gasteiger partial charge >= 0.3 is 0 Å². The molecule has 0 aromatic carbocycles. The molecule has 0 bridgehead atoms.